The third-order valence-electron chi connectivity index (χ3n) is 3.10. The molecular weight excluding hydrogens is 316 g/mol. The first kappa shape index (κ1) is 12.7. The highest BCUT2D eigenvalue weighted by atomic mass is 79.9. The molecule has 0 atom stereocenters. The highest BCUT2D eigenvalue weighted by Gasteiger charge is 2.05. The summed E-state index contributed by atoms with van der Waals surface area (Å²) < 4.78 is 0.884. The van der Waals surface area contributed by atoms with Crippen molar-refractivity contribution in [2.45, 2.75) is 6.54 Å². The van der Waals surface area contributed by atoms with Gasteiger partial charge in [0.1, 0.15) is 5.65 Å². The van der Waals surface area contributed by atoms with Crippen molar-refractivity contribution >= 4 is 32.7 Å². The lowest BCUT2D eigenvalue weighted by atomic mass is 10.2. The van der Waals surface area contributed by atoms with Crippen LogP contribution in [0.25, 0.3) is 11.0 Å². The average molecular weight is 327 g/mol. The molecule has 0 aliphatic carbocycles. The molecule has 0 unspecified atom stereocenters. The number of anilines is 1. The molecule has 3 aromatic rings. The monoisotopic (exact) mass is 326 g/mol. The fourth-order valence-corrected chi connectivity index (χ4v) is 2.60. The van der Waals surface area contributed by atoms with Crippen molar-refractivity contribution in [2.24, 2.45) is 0 Å². The normalized spacial score (nSPS) is 10.4. The lowest BCUT2D eigenvalue weighted by molar-refractivity contribution is 1.16. The van der Waals surface area contributed by atoms with Gasteiger partial charge in [-0.3, -0.25) is 0 Å². The minimum absolute atomic E-state index is 0.638. The van der Waals surface area contributed by atoms with E-state index in [4.69, 9.17) is 5.26 Å². The second kappa shape index (κ2) is 5.35. The number of nitrogens with one attached hydrogen (secondary N) is 2. The third-order valence-corrected chi connectivity index (χ3v) is 3.76. The Morgan fingerprint density at radius 2 is 2.25 bits per heavy atom. The van der Waals surface area contributed by atoms with Gasteiger partial charge >= 0.3 is 0 Å². The lowest BCUT2D eigenvalue weighted by Gasteiger charge is -2.08. The van der Waals surface area contributed by atoms with Crippen LogP contribution in [0.4, 0.5) is 5.69 Å². The minimum atomic E-state index is 0.638. The Bertz CT molecular complexity index is 801. The van der Waals surface area contributed by atoms with E-state index < -0.39 is 0 Å². The summed E-state index contributed by atoms with van der Waals surface area (Å²) in [6, 6.07) is 11.6. The Morgan fingerprint density at radius 1 is 1.35 bits per heavy atom. The SMILES string of the molecule is N#Cc1ccc(NCc2c[nH]c3ncccc23)c(Br)c1. The number of aromatic amines is 1. The fourth-order valence-electron chi connectivity index (χ4n) is 2.08. The number of hydrogen-bond acceptors (Lipinski definition) is 3. The topological polar surface area (TPSA) is 64.5 Å². The molecule has 0 saturated heterocycles. The van der Waals surface area contributed by atoms with E-state index in [0.717, 1.165) is 26.8 Å². The smallest absolute Gasteiger partial charge is 0.137 e. The zero-order valence-electron chi connectivity index (χ0n) is 10.5. The van der Waals surface area contributed by atoms with Gasteiger partial charge in [0, 0.05) is 34.5 Å². The molecule has 3 rings (SSSR count). The number of aromatic nitrogens is 2. The van der Waals surface area contributed by atoms with Gasteiger partial charge in [0.2, 0.25) is 0 Å². The van der Waals surface area contributed by atoms with Gasteiger partial charge < -0.3 is 10.3 Å². The van der Waals surface area contributed by atoms with Gasteiger partial charge in [-0.2, -0.15) is 5.26 Å². The maximum absolute atomic E-state index is 8.85. The van der Waals surface area contributed by atoms with Gasteiger partial charge in [-0.15, -0.1) is 0 Å². The van der Waals surface area contributed by atoms with Gasteiger partial charge in [-0.05, 0) is 51.8 Å². The van der Waals surface area contributed by atoms with E-state index in [0.29, 0.717) is 12.1 Å². The van der Waals surface area contributed by atoms with Crippen LogP contribution in [0.2, 0.25) is 0 Å². The zero-order valence-corrected chi connectivity index (χ0v) is 12.1. The molecule has 0 saturated carbocycles. The molecule has 2 aromatic heterocycles. The molecular formula is C15H11BrN4. The first-order valence-corrected chi connectivity index (χ1v) is 6.92. The van der Waals surface area contributed by atoms with E-state index in [2.05, 4.69) is 37.3 Å². The van der Waals surface area contributed by atoms with Crippen molar-refractivity contribution in [3.05, 3.63) is 58.3 Å². The number of hydrogen-bond donors (Lipinski definition) is 2. The molecule has 2 N–H and O–H groups in total. The lowest BCUT2D eigenvalue weighted by Crippen LogP contribution is -1.99. The molecule has 1 aromatic carbocycles. The Kier molecular flexibility index (Phi) is 3.40. The molecule has 0 amide bonds. The van der Waals surface area contributed by atoms with Gasteiger partial charge in [-0.25, -0.2) is 4.98 Å². The van der Waals surface area contributed by atoms with Crippen molar-refractivity contribution in [1.82, 2.24) is 9.97 Å². The summed E-state index contributed by atoms with van der Waals surface area (Å²) in [5.74, 6) is 0. The summed E-state index contributed by atoms with van der Waals surface area (Å²) in [6.45, 7) is 0.691. The summed E-state index contributed by atoms with van der Waals surface area (Å²) in [7, 11) is 0. The number of fused-ring (bicyclic) bond motifs is 1. The van der Waals surface area contributed by atoms with Crippen molar-refractivity contribution in [1.29, 1.82) is 5.26 Å². The van der Waals surface area contributed by atoms with Crippen LogP contribution in [-0.4, -0.2) is 9.97 Å². The van der Waals surface area contributed by atoms with Gasteiger partial charge in [0.05, 0.1) is 11.6 Å². The van der Waals surface area contributed by atoms with Crippen LogP contribution in [0.5, 0.6) is 0 Å². The number of halogens is 1. The van der Waals surface area contributed by atoms with Crippen molar-refractivity contribution in [3.63, 3.8) is 0 Å². The number of H-pyrrole nitrogens is 1. The minimum Gasteiger partial charge on any atom is -0.380 e. The number of nitriles is 1. The molecule has 0 spiro atoms. The second-order valence-electron chi connectivity index (χ2n) is 4.37. The third kappa shape index (κ3) is 2.38. The van der Waals surface area contributed by atoms with Gasteiger partial charge in [-0.1, -0.05) is 0 Å². The largest absolute Gasteiger partial charge is 0.380 e. The summed E-state index contributed by atoms with van der Waals surface area (Å²) in [5, 5.41) is 13.3. The van der Waals surface area contributed by atoms with Crippen LogP contribution in [0.15, 0.2) is 47.2 Å². The molecule has 0 aliphatic heterocycles. The summed E-state index contributed by atoms with van der Waals surface area (Å²) in [5.41, 5.74) is 3.65. The highest BCUT2D eigenvalue weighted by Crippen LogP contribution is 2.25. The van der Waals surface area contributed by atoms with E-state index in [-0.39, 0.29) is 0 Å². The number of rotatable bonds is 3. The fraction of sp³-hybridized carbons (Fsp3) is 0.0667. The Labute approximate surface area is 124 Å². The molecule has 20 heavy (non-hydrogen) atoms. The zero-order chi connectivity index (χ0) is 13.9. The van der Waals surface area contributed by atoms with Crippen LogP contribution in [0.3, 0.4) is 0 Å². The Morgan fingerprint density at radius 3 is 3.05 bits per heavy atom. The molecule has 4 nitrogen and oxygen atoms in total. The van der Waals surface area contributed by atoms with E-state index in [1.807, 2.05) is 24.4 Å². The average Bonchev–Trinajstić information content (AvgIpc) is 2.89. The number of nitrogens with zero attached hydrogens (tertiary/aromatic N) is 2. The van der Waals surface area contributed by atoms with Crippen LogP contribution in [-0.2, 0) is 6.54 Å². The Balaban J connectivity index is 1.81. The molecule has 0 bridgehead atoms. The van der Waals surface area contributed by atoms with E-state index in [1.165, 1.54) is 0 Å². The van der Waals surface area contributed by atoms with Gasteiger partial charge in [0.15, 0.2) is 0 Å². The summed E-state index contributed by atoms with van der Waals surface area (Å²) >= 11 is 3.47. The van der Waals surface area contributed by atoms with Crippen LogP contribution < -0.4 is 5.32 Å². The van der Waals surface area contributed by atoms with Crippen LogP contribution >= 0.6 is 15.9 Å². The maximum atomic E-state index is 8.85. The van der Waals surface area contributed by atoms with Crippen molar-refractivity contribution in [2.75, 3.05) is 5.32 Å². The summed E-state index contributed by atoms with van der Waals surface area (Å²) in [6.07, 6.45) is 3.73. The van der Waals surface area contributed by atoms with E-state index in [1.54, 1.807) is 18.3 Å². The van der Waals surface area contributed by atoms with Crippen molar-refractivity contribution in [3.8, 4) is 6.07 Å². The molecule has 0 fully saturated rings. The predicted molar refractivity (Wildman–Crippen MR) is 82.3 cm³/mol. The first-order valence-electron chi connectivity index (χ1n) is 6.12. The highest BCUT2D eigenvalue weighted by molar-refractivity contribution is 9.10. The molecule has 98 valence electrons. The second-order valence-corrected chi connectivity index (χ2v) is 5.23. The molecule has 0 radical (unpaired) electrons. The van der Waals surface area contributed by atoms with E-state index >= 15 is 0 Å². The standard InChI is InChI=1S/C15H11BrN4/c16-13-6-10(7-17)3-4-14(13)19-8-11-9-20-15-12(11)2-1-5-18-15/h1-6,9,19H,8H2,(H,18,20). The molecule has 5 heteroatoms. The molecule has 0 aliphatic rings. The Hall–Kier alpha value is -2.32. The van der Waals surface area contributed by atoms with Crippen molar-refractivity contribution < 1.29 is 0 Å². The predicted octanol–water partition coefficient (Wildman–Crippen LogP) is 3.81. The van der Waals surface area contributed by atoms with Gasteiger partial charge in [0.25, 0.3) is 0 Å². The molecule has 2 heterocycles. The number of benzene rings is 1. The number of pyridine rings is 1. The first-order chi connectivity index (χ1) is 9.78. The van der Waals surface area contributed by atoms with E-state index in [9.17, 15) is 0 Å². The van der Waals surface area contributed by atoms with Crippen LogP contribution in [0, 0.1) is 11.3 Å². The maximum Gasteiger partial charge on any atom is 0.137 e. The quantitative estimate of drug-likeness (QED) is 0.769. The summed E-state index contributed by atoms with van der Waals surface area (Å²) in [4.78, 5) is 7.42. The van der Waals surface area contributed by atoms with Crippen LogP contribution in [0.1, 0.15) is 11.1 Å².